The lowest BCUT2D eigenvalue weighted by atomic mass is 10.3. The Labute approximate surface area is 87.5 Å². The van der Waals surface area contributed by atoms with Gasteiger partial charge < -0.3 is 5.73 Å². The van der Waals surface area contributed by atoms with Gasteiger partial charge in [-0.3, -0.25) is 0 Å². The van der Waals surface area contributed by atoms with Gasteiger partial charge in [0.25, 0.3) is 6.43 Å². The van der Waals surface area contributed by atoms with Gasteiger partial charge in [-0.05, 0) is 28.1 Å². The maximum atomic E-state index is 12.0. The molecule has 1 nitrogen and oxygen atoms in total. The highest BCUT2D eigenvalue weighted by molar-refractivity contribution is 9.11. The minimum atomic E-state index is -2.49. The maximum absolute atomic E-state index is 12.0. The second-order valence-corrected chi connectivity index (χ2v) is 4.50. The van der Waals surface area contributed by atoms with Crippen molar-refractivity contribution in [2.45, 2.75) is 12.5 Å². The van der Waals surface area contributed by atoms with E-state index in [0.717, 1.165) is 3.79 Å². The summed E-state index contributed by atoms with van der Waals surface area (Å²) in [7, 11) is 0. The van der Waals surface area contributed by atoms with Crippen LogP contribution in [-0.4, -0.2) is 6.43 Å². The number of thiophene rings is 1. The summed E-state index contributed by atoms with van der Waals surface area (Å²) >= 11 is 4.40. The molecule has 1 aromatic heterocycles. The highest BCUT2D eigenvalue weighted by atomic mass is 79.9. The largest absolute Gasteiger partial charge is 0.319 e. The van der Waals surface area contributed by atoms with Crippen molar-refractivity contribution in [1.82, 2.24) is 0 Å². The van der Waals surface area contributed by atoms with Crippen molar-refractivity contribution in [2.75, 3.05) is 0 Å². The molecule has 1 atom stereocenters. The summed E-state index contributed by atoms with van der Waals surface area (Å²) in [5.74, 6) is 0. The zero-order valence-corrected chi connectivity index (χ0v) is 9.06. The van der Waals surface area contributed by atoms with Crippen LogP contribution in [0.1, 0.15) is 10.9 Å². The second kappa shape index (κ2) is 5.11. The normalized spacial score (nSPS) is 12.8. The van der Waals surface area contributed by atoms with E-state index < -0.39 is 12.5 Å². The summed E-state index contributed by atoms with van der Waals surface area (Å²) in [4.78, 5) is 0.506. The van der Waals surface area contributed by atoms with Crippen LogP contribution >= 0.6 is 39.7 Å². The summed E-state index contributed by atoms with van der Waals surface area (Å²) in [6.45, 7) is 0. The van der Waals surface area contributed by atoms with Crippen molar-refractivity contribution in [3.05, 3.63) is 20.8 Å². The average Bonchev–Trinajstić information content (AvgIpc) is 2.34. The van der Waals surface area contributed by atoms with E-state index in [4.69, 9.17) is 5.73 Å². The van der Waals surface area contributed by atoms with Crippen LogP contribution in [0, 0.1) is 0 Å². The number of hydrogen-bond acceptors (Lipinski definition) is 2. The number of hydrogen-bond donors (Lipinski definition) is 1. The van der Waals surface area contributed by atoms with Crippen LogP contribution in [0.15, 0.2) is 15.9 Å². The SMILES string of the molecule is Cl.N[C@@H](c1ccc(Br)s1)C(F)F. The lowest BCUT2D eigenvalue weighted by Crippen LogP contribution is -2.17. The Balaban J connectivity index is 0.00000121. The van der Waals surface area contributed by atoms with E-state index >= 15 is 0 Å². The summed E-state index contributed by atoms with van der Waals surface area (Å²) in [6, 6.07) is 2.17. The van der Waals surface area contributed by atoms with Crippen LogP contribution in [0.4, 0.5) is 8.78 Å². The van der Waals surface area contributed by atoms with Gasteiger partial charge in [0.05, 0.1) is 3.79 Å². The Morgan fingerprint density at radius 1 is 1.42 bits per heavy atom. The molecule has 1 heterocycles. The molecular weight excluding hydrogens is 271 g/mol. The number of nitrogens with two attached hydrogens (primary N) is 1. The molecule has 0 saturated heterocycles. The molecule has 70 valence electrons. The fourth-order valence-electron chi connectivity index (χ4n) is 0.632. The van der Waals surface area contributed by atoms with Crippen LogP contribution in [-0.2, 0) is 0 Å². The third kappa shape index (κ3) is 2.97. The van der Waals surface area contributed by atoms with E-state index in [0.29, 0.717) is 4.88 Å². The van der Waals surface area contributed by atoms with Crippen molar-refractivity contribution in [2.24, 2.45) is 5.73 Å². The monoisotopic (exact) mass is 277 g/mol. The maximum Gasteiger partial charge on any atom is 0.258 e. The van der Waals surface area contributed by atoms with Gasteiger partial charge in [-0.2, -0.15) is 0 Å². The molecule has 0 amide bonds. The summed E-state index contributed by atoms with van der Waals surface area (Å²) in [6.07, 6.45) is -2.49. The zero-order valence-electron chi connectivity index (χ0n) is 5.84. The Bertz CT molecular complexity index is 243. The van der Waals surface area contributed by atoms with Gasteiger partial charge in [0, 0.05) is 4.88 Å². The Hall–Kier alpha value is 0.290. The smallest absolute Gasteiger partial charge is 0.258 e. The zero-order chi connectivity index (χ0) is 8.43. The predicted molar refractivity (Wildman–Crippen MR) is 52.2 cm³/mol. The molecular formula is C6H7BrClF2NS. The number of rotatable bonds is 2. The molecule has 1 aromatic rings. The highest BCUT2D eigenvalue weighted by Gasteiger charge is 2.18. The lowest BCUT2D eigenvalue weighted by Gasteiger charge is -2.05. The number of alkyl halides is 2. The van der Waals surface area contributed by atoms with Gasteiger partial charge in [-0.25, -0.2) is 8.78 Å². The van der Waals surface area contributed by atoms with Gasteiger partial charge in [-0.1, -0.05) is 0 Å². The average molecular weight is 279 g/mol. The Kier molecular flexibility index (Phi) is 5.24. The van der Waals surface area contributed by atoms with Crippen molar-refractivity contribution in [1.29, 1.82) is 0 Å². The third-order valence-corrected chi connectivity index (χ3v) is 2.92. The van der Waals surface area contributed by atoms with Gasteiger partial charge in [0.1, 0.15) is 6.04 Å². The van der Waals surface area contributed by atoms with Crippen molar-refractivity contribution >= 4 is 39.7 Å². The Morgan fingerprint density at radius 2 is 2.00 bits per heavy atom. The first kappa shape index (κ1) is 12.3. The van der Waals surface area contributed by atoms with Crippen LogP contribution in [0.25, 0.3) is 0 Å². The second-order valence-electron chi connectivity index (χ2n) is 2.00. The molecule has 0 bridgehead atoms. The molecule has 0 fully saturated rings. The van der Waals surface area contributed by atoms with Crippen molar-refractivity contribution < 1.29 is 8.78 Å². The molecule has 2 N–H and O–H groups in total. The van der Waals surface area contributed by atoms with Gasteiger partial charge >= 0.3 is 0 Å². The van der Waals surface area contributed by atoms with Crippen molar-refractivity contribution in [3.63, 3.8) is 0 Å². The van der Waals surface area contributed by atoms with Crippen LogP contribution in [0.2, 0.25) is 0 Å². The minimum Gasteiger partial charge on any atom is -0.319 e. The molecule has 1 rings (SSSR count). The van der Waals surface area contributed by atoms with E-state index in [1.807, 2.05) is 0 Å². The standard InChI is InChI=1S/C6H6BrF2NS.ClH/c7-4-2-1-3(11-4)5(10)6(8)9;/h1-2,5-6H,10H2;1H/t5-;/m0./s1. The highest BCUT2D eigenvalue weighted by Crippen LogP contribution is 2.28. The fourth-order valence-corrected chi connectivity index (χ4v) is 2.06. The van der Waals surface area contributed by atoms with Crippen molar-refractivity contribution in [3.8, 4) is 0 Å². The van der Waals surface area contributed by atoms with E-state index in [-0.39, 0.29) is 12.4 Å². The topological polar surface area (TPSA) is 26.0 Å². The summed E-state index contributed by atoms with van der Waals surface area (Å²) in [5.41, 5.74) is 5.19. The van der Waals surface area contributed by atoms with E-state index in [2.05, 4.69) is 15.9 Å². The molecule has 6 heteroatoms. The molecule has 0 spiro atoms. The first-order valence-corrected chi connectivity index (χ1v) is 4.51. The fraction of sp³-hybridized carbons (Fsp3) is 0.333. The molecule has 0 saturated carbocycles. The first-order valence-electron chi connectivity index (χ1n) is 2.90. The first-order chi connectivity index (χ1) is 5.11. The Morgan fingerprint density at radius 3 is 2.33 bits per heavy atom. The van der Waals surface area contributed by atoms with Gasteiger partial charge in [-0.15, -0.1) is 23.7 Å². The summed E-state index contributed by atoms with van der Waals surface area (Å²) < 4.78 is 24.8. The minimum absolute atomic E-state index is 0. The lowest BCUT2D eigenvalue weighted by molar-refractivity contribution is 0.118. The van der Waals surface area contributed by atoms with E-state index in [9.17, 15) is 8.78 Å². The van der Waals surface area contributed by atoms with Gasteiger partial charge in [0.2, 0.25) is 0 Å². The molecule has 0 aliphatic heterocycles. The molecule has 0 aromatic carbocycles. The van der Waals surface area contributed by atoms with Gasteiger partial charge in [0.15, 0.2) is 0 Å². The summed E-state index contributed by atoms with van der Waals surface area (Å²) in [5, 5.41) is 0. The van der Waals surface area contributed by atoms with E-state index in [1.54, 1.807) is 12.1 Å². The predicted octanol–water partition coefficient (Wildman–Crippen LogP) is 3.20. The molecule has 0 aliphatic rings. The molecule has 0 aliphatic carbocycles. The molecule has 0 radical (unpaired) electrons. The third-order valence-electron chi connectivity index (χ3n) is 1.19. The van der Waals surface area contributed by atoms with Crippen LogP contribution < -0.4 is 5.73 Å². The molecule has 0 unspecified atom stereocenters. The van der Waals surface area contributed by atoms with Crippen LogP contribution in [0.3, 0.4) is 0 Å². The van der Waals surface area contributed by atoms with Crippen LogP contribution in [0.5, 0.6) is 0 Å². The van der Waals surface area contributed by atoms with E-state index in [1.165, 1.54) is 11.3 Å². The molecule has 12 heavy (non-hydrogen) atoms. The number of halogens is 4. The quantitative estimate of drug-likeness (QED) is 0.883.